The molecule has 2 atom stereocenters. The van der Waals surface area contributed by atoms with E-state index in [-0.39, 0.29) is 17.6 Å². The van der Waals surface area contributed by atoms with Gasteiger partial charge in [-0.05, 0) is 29.7 Å². The summed E-state index contributed by atoms with van der Waals surface area (Å²) < 4.78 is 13.3. The Bertz CT molecular complexity index is 447. The van der Waals surface area contributed by atoms with Crippen LogP contribution in [0.3, 0.4) is 0 Å². The highest BCUT2D eigenvalue weighted by Gasteiger charge is 2.34. The Morgan fingerprint density at radius 2 is 2.12 bits per heavy atom. The minimum atomic E-state index is -0.265. The predicted octanol–water partition coefficient (Wildman–Crippen LogP) is 0.872. The Kier molecular flexibility index (Phi) is 2.17. The highest BCUT2D eigenvalue weighted by atomic mass is 19.1. The molecular weight excluding hydrogens is 207 g/mol. The number of carbonyl (C=O) groups is 1. The fourth-order valence-electron chi connectivity index (χ4n) is 2.68. The Labute approximate surface area is 93.0 Å². The van der Waals surface area contributed by atoms with Crippen LogP contribution in [0.1, 0.15) is 21.8 Å². The normalized spacial score (nSPS) is 27.9. The number of hydrogen-bond acceptors (Lipinski definition) is 2. The molecule has 3 nitrogen and oxygen atoms in total. The lowest BCUT2D eigenvalue weighted by molar-refractivity contribution is 0.0952. The summed E-state index contributed by atoms with van der Waals surface area (Å²) in [5.41, 5.74) is 1.47. The molecule has 1 aromatic rings. The number of benzene rings is 1. The van der Waals surface area contributed by atoms with Gasteiger partial charge >= 0.3 is 0 Å². The molecule has 0 aromatic heterocycles. The van der Waals surface area contributed by atoms with Gasteiger partial charge in [-0.1, -0.05) is 0 Å². The summed E-state index contributed by atoms with van der Waals surface area (Å²) in [5.74, 6) is 0.292. The van der Waals surface area contributed by atoms with Gasteiger partial charge in [0.1, 0.15) is 5.82 Å². The van der Waals surface area contributed by atoms with Crippen molar-refractivity contribution < 1.29 is 9.18 Å². The lowest BCUT2D eigenvalue weighted by Crippen LogP contribution is -2.28. The first-order valence-electron chi connectivity index (χ1n) is 5.54. The maximum absolute atomic E-state index is 13.3. The number of rotatable bonds is 0. The van der Waals surface area contributed by atoms with E-state index < -0.39 is 0 Å². The van der Waals surface area contributed by atoms with Crippen LogP contribution in [0.5, 0.6) is 0 Å². The third-order valence-electron chi connectivity index (χ3n) is 3.52. The lowest BCUT2D eigenvalue weighted by atomic mass is 9.87. The van der Waals surface area contributed by atoms with Crippen LogP contribution in [0, 0.1) is 11.7 Å². The molecule has 3 rings (SSSR count). The highest BCUT2D eigenvalue weighted by molar-refractivity contribution is 5.96. The number of nitrogens with one attached hydrogen (secondary N) is 2. The molecule has 0 bridgehead atoms. The third-order valence-corrected chi connectivity index (χ3v) is 3.52. The van der Waals surface area contributed by atoms with Crippen LogP contribution in [0.25, 0.3) is 0 Å². The molecule has 16 heavy (non-hydrogen) atoms. The summed E-state index contributed by atoms with van der Waals surface area (Å²) in [7, 11) is 0. The Balaban J connectivity index is 2.13. The average molecular weight is 220 g/mol. The van der Waals surface area contributed by atoms with Crippen LogP contribution in [0.15, 0.2) is 18.2 Å². The molecule has 4 heteroatoms. The number of halogens is 1. The molecule has 1 fully saturated rings. The third kappa shape index (κ3) is 1.41. The largest absolute Gasteiger partial charge is 0.352 e. The zero-order chi connectivity index (χ0) is 11.1. The predicted molar refractivity (Wildman–Crippen MR) is 57.8 cm³/mol. The summed E-state index contributed by atoms with van der Waals surface area (Å²) in [4.78, 5) is 11.8. The maximum atomic E-state index is 13.3. The fraction of sp³-hybridized carbons (Fsp3) is 0.417. The molecule has 0 aliphatic carbocycles. The van der Waals surface area contributed by atoms with E-state index in [0.29, 0.717) is 18.0 Å². The van der Waals surface area contributed by atoms with Crippen molar-refractivity contribution in [3.05, 3.63) is 35.1 Å². The van der Waals surface area contributed by atoms with E-state index in [2.05, 4.69) is 10.6 Å². The van der Waals surface area contributed by atoms with E-state index in [1.807, 2.05) is 0 Å². The highest BCUT2D eigenvalue weighted by Crippen LogP contribution is 2.32. The van der Waals surface area contributed by atoms with Gasteiger partial charge in [0, 0.05) is 31.1 Å². The zero-order valence-electron chi connectivity index (χ0n) is 8.79. The van der Waals surface area contributed by atoms with Crippen molar-refractivity contribution in [1.29, 1.82) is 0 Å². The smallest absolute Gasteiger partial charge is 0.251 e. The minimum absolute atomic E-state index is 0.0793. The van der Waals surface area contributed by atoms with Gasteiger partial charge in [0.05, 0.1) is 0 Å². The molecule has 1 aromatic carbocycles. The molecule has 0 radical (unpaired) electrons. The molecule has 84 valence electrons. The first kappa shape index (κ1) is 9.78. The van der Waals surface area contributed by atoms with Gasteiger partial charge in [-0.3, -0.25) is 4.79 Å². The number of fused-ring (bicyclic) bond motifs is 3. The van der Waals surface area contributed by atoms with E-state index in [0.717, 1.165) is 18.7 Å². The van der Waals surface area contributed by atoms with E-state index in [9.17, 15) is 9.18 Å². The van der Waals surface area contributed by atoms with E-state index in [1.54, 1.807) is 6.07 Å². The second-order valence-corrected chi connectivity index (χ2v) is 4.47. The Morgan fingerprint density at radius 3 is 3.00 bits per heavy atom. The minimum Gasteiger partial charge on any atom is -0.352 e. The van der Waals surface area contributed by atoms with Gasteiger partial charge in [-0.25, -0.2) is 4.39 Å². The second-order valence-electron chi connectivity index (χ2n) is 4.47. The van der Waals surface area contributed by atoms with Gasteiger partial charge in [0.15, 0.2) is 0 Å². The van der Waals surface area contributed by atoms with Gasteiger partial charge in [-0.15, -0.1) is 0 Å². The number of amides is 1. The summed E-state index contributed by atoms with van der Waals surface area (Å²) >= 11 is 0. The lowest BCUT2D eigenvalue weighted by Gasteiger charge is -2.15. The van der Waals surface area contributed by atoms with E-state index in [4.69, 9.17) is 0 Å². The van der Waals surface area contributed by atoms with Crippen LogP contribution in [0.4, 0.5) is 4.39 Å². The van der Waals surface area contributed by atoms with Crippen molar-refractivity contribution in [3.63, 3.8) is 0 Å². The van der Waals surface area contributed by atoms with Gasteiger partial charge in [0.2, 0.25) is 0 Å². The molecule has 1 amide bonds. The molecule has 1 saturated heterocycles. The fourth-order valence-corrected chi connectivity index (χ4v) is 2.68. The summed E-state index contributed by atoms with van der Waals surface area (Å²) in [6, 6.07) is 4.44. The molecular formula is C12H13FN2O. The summed E-state index contributed by atoms with van der Waals surface area (Å²) in [6.07, 6.45) is 0. The quantitative estimate of drug-likeness (QED) is 0.681. The topological polar surface area (TPSA) is 41.1 Å². The van der Waals surface area contributed by atoms with Gasteiger partial charge in [-0.2, -0.15) is 0 Å². The Hall–Kier alpha value is -1.42. The monoisotopic (exact) mass is 220 g/mol. The molecule has 2 unspecified atom stereocenters. The van der Waals surface area contributed by atoms with Crippen molar-refractivity contribution >= 4 is 5.91 Å². The second kappa shape index (κ2) is 3.56. The molecule has 2 heterocycles. The van der Waals surface area contributed by atoms with Crippen molar-refractivity contribution in [2.45, 2.75) is 5.92 Å². The van der Waals surface area contributed by atoms with Crippen molar-refractivity contribution in [2.24, 2.45) is 5.92 Å². The van der Waals surface area contributed by atoms with Crippen molar-refractivity contribution in [1.82, 2.24) is 10.6 Å². The zero-order valence-corrected chi connectivity index (χ0v) is 8.79. The SMILES string of the molecule is O=C1NCC2CNCC2c2cc(F)ccc21. The van der Waals surface area contributed by atoms with Crippen LogP contribution in [-0.2, 0) is 0 Å². The molecule has 2 aliphatic rings. The van der Waals surface area contributed by atoms with Crippen LogP contribution in [0.2, 0.25) is 0 Å². The summed E-state index contributed by atoms with van der Waals surface area (Å²) in [6.45, 7) is 2.39. The molecule has 2 N–H and O–H groups in total. The molecule has 0 saturated carbocycles. The van der Waals surface area contributed by atoms with Gasteiger partial charge < -0.3 is 10.6 Å². The maximum Gasteiger partial charge on any atom is 0.251 e. The average Bonchev–Trinajstić information content (AvgIpc) is 2.69. The van der Waals surface area contributed by atoms with Crippen LogP contribution < -0.4 is 10.6 Å². The van der Waals surface area contributed by atoms with Gasteiger partial charge in [0.25, 0.3) is 5.91 Å². The summed E-state index contributed by atoms with van der Waals surface area (Å²) in [5, 5.41) is 6.18. The molecule has 2 aliphatic heterocycles. The number of carbonyl (C=O) groups excluding carboxylic acids is 1. The first-order valence-corrected chi connectivity index (χ1v) is 5.54. The standard InChI is InChI=1S/C12H13FN2O/c13-8-1-2-9-10(3-8)11-6-14-4-7(11)5-15-12(9)16/h1-3,7,11,14H,4-6H2,(H,15,16). The van der Waals surface area contributed by atoms with Crippen LogP contribution >= 0.6 is 0 Å². The van der Waals surface area contributed by atoms with E-state index in [1.165, 1.54) is 12.1 Å². The Morgan fingerprint density at radius 1 is 1.25 bits per heavy atom. The first-order chi connectivity index (χ1) is 7.75. The number of hydrogen-bond donors (Lipinski definition) is 2. The van der Waals surface area contributed by atoms with Crippen LogP contribution in [-0.4, -0.2) is 25.5 Å². The van der Waals surface area contributed by atoms with Crippen molar-refractivity contribution in [3.8, 4) is 0 Å². The van der Waals surface area contributed by atoms with E-state index >= 15 is 0 Å². The molecule has 0 spiro atoms. The van der Waals surface area contributed by atoms with Crippen molar-refractivity contribution in [2.75, 3.05) is 19.6 Å².